The van der Waals surface area contributed by atoms with Gasteiger partial charge in [-0.3, -0.25) is 0 Å². The average Bonchev–Trinajstić information content (AvgIpc) is 3.12. The van der Waals surface area contributed by atoms with Gasteiger partial charge in [-0.25, -0.2) is 0 Å². The summed E-state index contributed by atoms with van der Waals surface area (Å²) >= 11 is 0. The van der Waals surface area contributed by atoms with Crippen LogP contribution in [0.5, 0.6) is 11.5 Å². The molecular formula is C31H41N2O4-. The predicted molar refractivity (Wildman–Crippen MR) is 144 cm³/mol. The van der Waals surface area contributed by atoms with Gasteiger partial charge >= 0.3 is 0 Å². The number of nitrogens with zero attached hydrogens (tertiary/aromatic N) is 2. The van der Waals surface area contributed by atoms with E-state index in [0.29, 0.717) is 25.0 Å². The molecule has 3 aliphatic heterocycles. The summed E-state index contributed by atoms with van der Waals surface area (Å²) in [6, 6.07) is 12.2. The zero-order valence-corrected chi connectivity index (χ0v) is 23.0. The lowest BCUT2D eigenvalue weighted by atomic mass is 9.79. The molecule has 6 nitrogen and oxygen atoms in total. The second-order valence-corrected chi connectivity index (χ2v) is 12.2. The Bertz CT molecular complexity index is 1120. The predicted octanol–water partition coefficient (Wildman–Crippen LogP) is 5.15. The van der Waals surface area contributed by atoms with Crippen molar-refractivity contribution >= 4 is 6.09 Å². The first-order chi connectivity index (χ1) is 17.7. The van der Waals surface area contributed by atoms with E-state index < -0.39 is 6.09 Å². The van der Waals surface area contributed by atoms with Gasteiger partial charge in [-0.05, 0) is 97.5 Å². The molecule has 3 heterocycles. The SMILES string of the molecule is CCOc1cc2c(cc1-c1ccc(OCC(C)C)cc1)CC(C)(C)[C@H]2N(C(=O)[O-])[C@@H]1CN2CCC1CC2. The number of rotatable bonds is 8. The minimum atomic E-state index is -1.05. The van der Waals surface area contributed by atoms with E-state index in [1.54, 1.807) is 4.90 Å². The highest BCUT2D eigenvalue weighted by Crippen LogP contribution is 2.53. The Balaban J connectivity index is 1.51. The highest BCUT2D eigenvalue weighted by molar-refractivity contribution is 5.74. The van der Waals surface area contributed by atoms with Crippen molar-refractivity contribution in [3.05, 3.63) is 47.5 Å². The number of fused-ring (bicyclic) bond motifs is 4. The molecule has 0 N–H and O–H groups in total. The third-order valence-corrected chi connectivity index (χ3v) is 8.44. The lowest BCUT2D eigenvalue weighted by molar-refractivity contribution is -0.276. The van der Waals surface area contributed by atoms with Gasteiger partial charge in [-0.2, -0.15) is 0 Å². The Morgan fingerprint density at radius 2 is 1.84 bits per heavy atom. The molecule has 2 aromatic rings. The number of carbonyl (C=O) groups is 1. The van der Waals surface area contributed by atoms with Gasteiger partial charge in [0.1, 0.15) is 17.6 Å². The number of carbonyl (C=O) groups excluding carboxylic acids is 1. The van der Waals surface area contributed by atoms with Crippen molar-refractivity contribution in [2.45, 2.75) is 66.0 Å². The van der Waals surface area contributed by atoms with Crippen LogP contribution in [-0.4, -0.2) is 54.8 Å². The molecule has 0 unspecified atom stereocenters. The first-order valence-electron chi connectivity index (χ1n) is 13.9. The van der Waals surface area contributed by atoms with Crippen molar-refractivity contribution in [1.82, 2.24) is 9.80 Å². The van der Waals surface area contributed by atoms with Crippen LogP contribution < -0.4 is 14.6 Å². The number of piperidine rings is 3. The summed E-state index contributed by atoms with van der Waals surface area (Å²) in [6.07, 6.45) is 1.89. The first kappa shape index (κ1) is 25.9. The summed E-state index contributed by atoms with van der Waals surface area (Å²) in [7, 11) is 0. The lowest BCUT2D eigenvalue weighted by Crippen LogP contribution is -2.62. The smallest absolute Gasteiger partial charge is 0.137 e. The van der Waals surface area contributed by atoms with Crippen LogP contribution in [0.25, 0.3) is 11.1 Å². The molecule has 0 spiro atoms. The largest absolute Gasteiger partial charge is 0.530 e. The highest BCUT2D eigenvalue weighted by atomic mass is 16.5. The fraction of sp³-hybridized carbons (Fsp3) is 0.581. The summed E-state index contributed by atoms with van der Waals surface area (Å²) in [4.78, 5) is 16.9. The van der Waals surface area contributed by atoms with E-state index in [2.05, 4.69) is 56.9 Å². The molecule has 6 heteroatoms. The summed E-state index contributed by atoms with van der Waals surface area (Å²) in [5.74, 6) is 2.54. The molecule has 1 aliphatic carbocycles. The quantitative estimate of drug-likeness (QED) is 0.496. The third kappa shape index (κ3) is 5.05. The van der Waals surface area contributed by atoms with Crippen LogP contribution in [0.1, 0.15) is 64.6 Å². The van der Waals surface area contributed by atoms with Crippen LogP contribution in [0.2, 0.25) is 0 Å². The molecule has 2 atom stereocenters. The van der Waals surface area contributed by atoms with E-state index in [4.69, 9.17) is 9.47 Å². The number of hydrogen-bond donors (Lipinski definition) is 0. The Kier molecular flexibility index (Phi) is 7.14. The Morgan fingerprint density at radius 1 is 1.14 bits per heavy atom. The summed E-state index contributed by atoms with van der Waals surface area (Å²) < 4.78 is 12.0. The standard InChI is InChI=1S/C31H42N2O4/c1-6-36-28-16-26-23(15-25(28)21-7-9-24(10-8-21)37-19-20(2)3)17-31(4,5)29(26)33(30(34)35)27-18-32-13-11-22(27)12-14-32/h7-10,15-16,20,22,27,29H,6,11-14,17-19H2,1-5H3,(H,34,35)/p-1/t27-,29+/m1/s1. The molecule has 200 valence electrons. The molecule has 2 bridgehead atoms. The maximum Gasteiger partial charge on any atom is 0.137 e. The van der Waals surface area contributed by atoms with E-state index in [1.165, 1.54) is 5.56 Å². The molecule has 0 aromatic heterocycles. The van der Waals surface area contributed by atoms with Gasteiger partial charge in [-0.1, -0.05) is 39.8 Å². The van der Waals surface area contributed by atoms with E-state index in [0.717, 1.165) is 67.1 Å². The number of benzene rings is 2. The molecule has 6 rings (SSSR count). The molecule has 3 saturated heterocycles. The second kappa shape index (κ2) is 10.2. The van der Waals surface area contributed by atoms with Gasteiger partial charge < -0.3 is 29.2 Å². The van der Waals surface area contributed by atoms with Crippen LogP contribution in [0, 0.1) is 17.3 Å². The Labute approximate surface area is 221 Å². The van der Waals surface area contributed by atoms with Crippen molar-refractivity contribution in [2.24, 2.45) is 17.3 Å². The van der Waals surface area contributed by atoms with Crippen molar-refractivity contribution < 1.29 is 19.4 Å². The van der Waals surface area contributed by atoms with Crippen LogP contribution in [0.3, 0.4) is 0 Å². The molecule has 0 saturated carbocycles. The average molecular weight is 506 g/mol. The van der Waals surface area contributed by atoms with E-state index in [1.807, 2.05) is 19.1 Å². The zero-order valence-electron chi connectivity index (χ0n) is 23.0. The van der Waals surface area contributed by atoms with Crippen LogP contribution in [-0.2, 0) is 6.42 Å². The van der Waals surface area contributed by atoms with Gasteiger partial charge in [0.2, 0.25) is 0 Å². The number of carboxylic acid groups (broad SMARTS) is 1. The monoisotopic (exact) mass is 505 g/mol. The summed E-state index contributed by atoms with van der Waals surface area (Å²) in [6.45, 7) is 14.8. The van der Waals surface area contributed by atoms with Crippen LogP contribution in [0.4, 0.5) is 4.79 Å². The third-order valence-electron chi connectivity index (χ3n) is 8.44. The molecule has 2 aromatic carbocycles. The number of amides is 1. The van der Waals surface area contributed by atoms with E-state index in [-0.39, 0.29) is 17.5 Å². The van der Waals surface area contributed by atoms with Gasteiger partial charge in [0, 0.05) is 18.2 Å². The van der Waals surface area contributed by atoms with Crippen molar-refractivity contribution in [1.29, 1.82) is 0 Å². The molecule has 3 fully saturated rings. The number of ether oxygens (including phenoxy) is 2. The maximum absolute atomic E-state index is 12.7. The van der Waals surface area contributed by atoms with Crippen molar-refractivity contribution in [2.75, 3.05) is 32.8 Å². The van der Waals surface area contributed by atoms with Crippen molar-refractivity contribution in [3.63, 3.8) is 0 Å². The minimum absolute atomic E-state index is 0.0173. The molecular weight excluding hydrogens is 464 g/mol. The van der Waals surface area contributed by atoms with E-state index >= 15 is 0 Å². The molecule has 1 amide bonds. The molecule has 0 radical (unpaired) electrons. The fourth-order valence-corrected chi connectivity index (χ4v) is 6.76. The van der Waals surface area contributed by atoms with Crippen LogP contribution >= 0.6 is 0 Å². The lowest BCUT2D eigenvalue weighted by Gasteiger charge is -2.53. The molecule has 4 aliphatic rings. The Morgan fingerprint density at radius 3 is 2.41 bits per heavy atom. The van der Waals surface area contributed by atoms with Crippen molar-refractivity contribution in [3.8, 4) is 22.6 Å². The normalized spacial score (nSPS) is 25.7. The summed E-state index contributed by atoms with van der Waals surface area (Å²) in [5.41, 5.74) is 4.12. The topological polar surface area (TPSA) is 65.1 Å². The highest BCUT2D eigenvalue weighted by Gasteiger charge is 2.48. The minimum Gasteiger partial charge on any atom is -0.530 e. The van der Waals surface area contributed by atoms with Gasteiger partial charge in [0.05, 0.1) is 19.3 Å². The first-order valence-corrected chi connectivity index (χ1v) is 13.9. The second-order valence-electron chi connectivity index (χ2n) is 12.2. The Hall–Kier alpha value is -2.73. The van der Waals surface area contributed by atoms with Gasteiger partial charge in [0.15, 0.2) is 0 Å². The fourth-order valence-electron chi connectivity index (χ4n) is 6.76. The maximum atomic E-state index is 12.7. The summed E-state index contributed by atoms with van der Waals surface area (Å²) in [5, 5.41) is 12.7. The number of hydrogen-bond acceptors (Lipinski definition) is 5. The van der Waals surface area contributed by atoms with Gasteiger partial charge in [-0.15, -0.1) is 0 Å². The molecule has 37 heavy (non-hydrogen) atoms. The van der Waals surface area contributed by atoms with E-state index in [9.17, 15) is 9.90 Å². The van der Waals surface area contributed by atoms with Crippen LogP contribution in [0.15, 0.2) is 36.4 Å². The zero-order chi connectivity index (χ0) is 26.3. The van der Waals surface area contributed by atoms with Gasteiger partial charge in [0.25, 0.3) is 0 Å².